The molecule has 0 aromatic heterocycles. The van der Waals surface area contributed by atoms with Crippen LogP contribution >= 0.6 is 0 Å². The molecule has 1 heterocycles. The summed E-state index contributed by atoms with van der Waals surface area (Å²) in [4.78, 5) is 28.8. The van der Waals surface area contributed by atoms with E-state index in [-0.39, 0.29) is 11.9 Å². The third kappa shape index (κ3) is 5.10. The fraction of sp³-hybridized carbons (Fsp3) is 0.364. The van der Waals surface area contributed by atoms with Crippen molar-refractivity contribution in [3.63, 3.8) is 0 Å². The van der Waals surface area contributed by atoms with Gasteiger partial charge in [-0.2, -0.15) is 0 Å². The van der Waals surface area contributed by atoms with E-state index in [4.69, 9.17) is 0 Å². The van der Waals surface area contributed by atoms with Gasteiger partial charge in [-0.15, -0.1) is 0 Å². The normalized spacial score (nSPS) is 14.6. The molecule has 148 valence electrons. The maximum absolute atomic E-state index is 12.6. The number of aryl methyl sites for hydroxylation is 1. The lowest BCUT2D eigenvalue weighted by atomic mass is 10.1. The smallest absolute Gasteiger partial charge is 0.321 e. The molecule has 2 aromatic rings. The van der Waals surface area contributed by atoms with Crippen molar-refractivity contribution in [3.05, 3.63) is 65.2 Å². The Hall–Kier alpha value is -2.86. The van der Waals surface area contributed by atoms with Gasteiger partial charge in [0.05, 0.1) is 0 Å². The quantitative estimate of drug-likeness (QED) is 0.838. The summed E-state index contributed by atoms with van der Waals surface area (Å²) >= 11 is 0. The molecule has 28 heavy (non-hydrogen) atoms. The van der Waals surface area contributed by atoms with Crippen LogP contribution in [0.25, 0.3) is 0 Å². The van der Waals surface area contributed by atoms with Crippen molar-refractivity contribution in [2.24, 2.45) is 0 Å². The summed E-state index contributed by atoms with van der Waals surface area (Å²) in [7, 11) is 0. The first-order valence-electron chi connectivity index (χ1n) is 9.78. The Morgan fingerprint density at radius 2 is 1.71 bits per heavy atom. The number of nitrogens with one attached hydrogen (secondary N) is 2. The van der Waals surface area contributed by atoms with Crippen LogP contribution in [0.5, 0.6) is 0 Å². The molecule has 0 spiro atoms. The summed E-state index contributed by atoms with van der Waals surface area (Å²) in [6, 6.07) is 15.6. The Morgan fingerprint density at radius 3 is 2.36 bits per heavy atom. The number of rotatable bonds is 5. The van der Waals surface area contributed by atoms with E-state index in [1.54, 1.807) is 18.2 Å². The second-order valence-corrected chi connectivity index (χ2v) is 7.07. The third-order valence-electron chi connectivity index (χ3n) is 4.98. The van der Waals surface area contributed by atoms with Crippen LogP contribution < -0.4 is 10.6 Å². The predicted molar refractivity (Wildman–Crippen MR) is 111 cm³/mol. The average molecular weight is 380 g/mol. The van der Waals surface area contributed by atoms with Crippen LogP contribution in [0, 0.1) is 6.92 Å². The van der Waals surface area contributed by atoms with Crippen molar-refractivity contribution >= 4 is 17.6 Å². The average Bonchev–Trinajstić information content (AvgIpc) is 2.71. The van der Waals surface area contributed by atoms with Gasteiger partial charge in [-0.1, -0.05) is 30.3 Å². The first kappa shape index (κ1) is 19.9. The number of urea groups is 1. The monoisotopic (exact) mass is 380 g/mol. The van der Waals surface area contributed by atoms with Crippen molar-refractivity contribution in [3.8, 4) is 0 Å². The highest BCUT2D eigenvalue weighted by molar-refractivity contribution is 5.96. The summed E-state index contributed by atoms with van der Waals surface area (Å²) in [5.41, 5.74) is 3.51. The maximum Gasteiger partial charge on any atom is 0.321 e. The zero-order valence-electron chi connectivity index (χ0n) is 16.6. The van der Waals surface area contributed by atoms with Crippen molar-refractivity contribution in [2.75, 3.05) is 38.0 Å². The third-order valence-corrected chi connectivity index (χ3v) is 4.98. The van der Waals surface area contributed by atoms with Crippen LogP contribution in [0.4, 0.5) is 10.5 Å². The molecule has 2 N–H and O–H groups in total. The SMILES string of the molecule is CCNC(=O)c1ccc(NC(=O)N2CCN(Cc3ccccc3)CC2)c(C)c1. The molecule has 3 rings (SSSR count). The second kappa shape index (κ2) is 9.37. The lowest BCUT2D eigenvalue weighted by molar-refractivity contribution is 0.0955. The lowest BCUT2D eigenvalue weighted by Gasteiger charge is -2.34. The van der Waals surface area contributed by atoms with Gasteiger partial charge >= 0.3 is 6.03 Å². The van der Waals surface area contributed by atoms with E-state index >= 15 is 0 Å². The first-order chi connectivity index (χ1) is 13.6. The molecular formula is C22H28N4O2. The van der Waals surface area contributed by atoms with Crippen molar-refractivity contribution < 1.29 is 9.59 Å². The highest BCUT2D eigenvalue weighted by Crippen LogP contribution is 2.18. The van der Waals surface area contributed by atoms with Gasteiger partial charge in [-0.3, -0.25) is 9.69 Å². The molecule has 1 fully saturated rings. The number of amides is 3. The van der Waals surface area contributed by atoms with Crippen molar-refractivity contribution in [1.29, 1.82) is 0 Å². The molecule has 0 aliphatic carbocycles. The molecule has 6 nitrogen and oxygen atoms in total. The summed E-state index contributed by atoms with van der Waals surface area (Å²) in [5, 5.41) is 5.76. The maximum atomic E-state index is 12.6. The van der Waals surface area contributed by atoms with E-state index in [0.29, 0.717) is 25.2 Å². The van der Waals surface area contributed by atoms with Gasteiger partial charge in [0, 0.05) is 50.5 Å². The van der Waals surface area contributed by atoms with E-state index < -0.39 is 0 Å². The first-order valence-corrected chi connectivity index (χ1v) is 9.78. The van der Waals surface area contributed by atoms with Crippen molar-refractivity contribution in [1.82, 2.24) is 15.1 Å². The zero-order valence-corrected chi connectivity index (χ0v) is 16.6. The van der Waals surface area contributed by atoms with Crippen LogP contribution in [0.2, 0.25) is 0 Å². The van der Waals surface area contributed by atoms with Gasteiger partial charge in [-0.25, -0.2) is 4.79 Å². The molecular weight excluding hydrogens is 352 g/mol. The zero-order chi connectivity index (χ0) is 19.9. The summed E-state index contributed by atoms with van der Waals surface area (Å²) in [6.07, 6.45) is 0. The van der Waals surface area contributed by atoms with Crippen LogP contribution in [0.15, 0.2) is 48.5 Å². The number of benzene rings is 2. The molecule has 1 aliphatic rings. The Kier molecular flexibility index (Phi) is 6.66. The van der Waals surface area contributed by atoms with E-state index in [9.17, 15) is 9.59 Å². The largest absolute Gasteiger partial charge is 0.352 e. The minimum Gasteiger partial charge on any atom is -0.352 e. The van der Waals surface area contributed by atoms with E-state index in [0.717, 1.165) is 30.9 Å². The van der Waals surface area contributed by atoms with Gasteiger partial charge in [0.2, 0.25) is 0 Å². The molecule has 0 atom stereocenters. The molecule has 0 radical (unpaired) electrons. The Balaban J connectivity index is 1.52. The second-order valence-electron chi connectivity index (χ2n) is 7.07. The van der Waals surface area contributed by atoms with E-state index in [1.165, 1.54) is 5.56 Å². The highest BCUT2D eigenvalue weighted by Gasteiger charge is 2.21. The number of carbonyl (C=O) groups excluding carboxylic acids is 2. The van der Waals surface area contributed by atoms with Gasteiger partial charge < -0.3 is 15.5 Å². The minimum absolute atomic E-state index is 0.0896. The fourth-order valence-electron chi connectivity index (χ4n) is 3.35. The highest BCUT2D eigenvalue weighted by atomic mass is 16.2. The Bertz CT molecular complexity index is 815. The van der Waals surface area contributed by atoms with Gasteiger partial charge in [0.1, 0.15) is 0 Å². The summed E-state index contributed by atoms with van der Waals surface area (Å²) in [6.45, 7) is 8.41. The lowest BCUT2D eigenvalue weighted by Crippen LogP contribution is -2.49. The van der Waals surface area contributed by atoms with Crippen LogP contribution in [0.3, 0.4) is 0 Å². The number of hydrogen-bond donors (Lipinski definition) is 2. The molecule has 6 heteroatoms. The number of nitrogens with zero attached hydrogens (tertiary/aromatic N) is 2. The molecule has 2 aromatic carbocycles. The molecule has 0 unspecified atom stereocenters. The molecule has 1 aliphatic heterocycles. The van der Waals surface area contributed by atoms with Crippen LogP contribution in [-0.2, 0) is 6.54 Å². The van der Waals surface area contributed by atoms with Crippen LogP contribution in [0.1, 0.15) is 28.4 Å². The minimum atomic E-state index is -0.0991. The van der Waals surface area contributed by atoms with Gasteiger partial charge in [0.15, 0.2) is 0 Å². The molecule has 0 bridgehead atoms. The fourth-order valence-corrected chi connectivity index (χ4v) is 3.35. The topological polar surface area (TPSA) is 64.7 Å². The van der Waals surface area contributed by atoms with Gasteiger partial charge in [0.25, 0.3) is 5.91 Å². The molecule has 0 saturated carbocycles. The number of piperazine rings is 1. The molecule has 3 amide bonds. The Labute approximate surface area is 166 Å². The predicted octanol–water partition coefficient (Wildman–Crippen LogP) is 3.09. The van der Waals surface area contributed by atoms with E-state index in [2.05, 4.69) is 39.8 Å². The summed E-state index contributed by atoms with van der Waals surface area (Å²) < 4.78 is 0. The summed E-state index contributed by atoms with van der Waals surface area (Å²) in [5.74, 6) is -0.0991. The van der Waals surface area contributed by atoms with E-state index in [1.807, 2.05) is 24.8 Å². The number of anilines is 1. The van der Waals surface area contributed by atoms with Crippen LogP contribution in [-0.4, -0.2) is 54.5 Å². The number of hydrogen-bond acceptors (Lipinski definition) is 3. The van der Waals surface area contributed by atoms with Crippen molar-refractivity contribution in [2.45, 2.75) is 20.4 Å². The number of carbonyl (C=O) groups is 2. The standard InChI is InChI=1S/C22H28N4O2/c1-3-23-21(27)19-9-10-20(17(2)15-19)24-22(28)26-13-11-25(12-14-26)16-18-7-5-4-6-8-18/h4-10,15H,3,11-14,16H2,1-2H3,(H,23,27)(H,24,28). The van der Waals surface area contributed by atoms with Gasteiger partial charge in [-0.05, 0) is 43.2 Å². The Morgan fingerprint density at radius 1 is 1.00 bits per heavy atom. The molecule has 1 saturated heterocycles.